The summed E-state index contributed by atoms with van der Waals surface area (Å²) < 4.78 is 17.3. The highest BCUT2D eigenvalue weighted by Crippen LogP contribution is 2.39. The van der Waals surface area contributed by atoms with Crippen molar-refractivity contribution in [3.8, 4) is 11.5 Å². The van der Waals surface area contributed by atoms with Crippen LogP contribution in [-0.4, -0.2) is 12.9 Å². The van der Waals surface area contributed by atoms with Crippen molar-refractivity contribution in [1.29, 1.82) is 0 Å². The Morgan fingerprint density at radius 3 is 2.75 bits per heavy atom. The Kier molecular flexibility index (Phi) is 3.73. The summed E-state index contributed by atoms with van der Waals surface area (Å²) in [5.74, 6) is 2.17. The third-order valence-electron chi connectivity index (χ3n) is 4.36. The van der Waals surface area contributed by atoms with Gasteiger partial charge in [-0.2, -0.15) is 0 Å². The standard InChI is InChI=1S/C20H18O4/c1-22-18-11-14(23-12-13-6-3-2-4-7-13)10-15-19-16(21)8-5-9-17(19)24-20(15)18/h2-4,6-7,10-11H,5,8-9,12H2,1H3. The Morgan fingerprint density at radius 2 is 1.96 bits per heavy atom. The molecule has 0 saturated heterocycles. The topological polar surface area (TPSA) is 48.7 Å². The number of furan rings is 1. The van der Waals surface area contributed by atoms with Crippen LogP contribution in [0.4, 0.5) is 0 Å². The van der Waals surface area contributed by atoms with Crippen molar-refractivity contribution in [3.63, 3.8) is 0 Å². The number of fused-ring (bicyclic) bond motifs is 3. The van der Waals surface area contributed by atoms with Crippen LogP contribution in [0.25, 0.3) is 11.0 Å². The molecule has 0 atom stereocenters. The zero-order valence-electron chi connectivity index (χ0n) is 13.5. The van der Waals surface area contributed by atoms with Crippen molar-refractivity contribution in [2.45, 2.75) is 25.9 Å². The Hall–Kier alpha value is -2.75. The average molecular weight is 322 g/mol. The Bertz CT molecular complexity index is 893. The first-order valence-electron chi connectivity index (χ1n) is 8.09. The predicted octanol–water partition coefficient (Wildman–Crippen LogP) is 4.54. The molecule has 122 valence electrons. The fraction of sp³-hybridized carbons (Fsp3) is 0.250. The Labute approximate surface area is 140 Å². The maximum Gasteiger partial charge on any atom is 0.177 e. The number of aryl methyl sites for hydroxylation is 1. The van der Waals surface area contributed by atoms with E-state index in [2.05, 4.69) is 0 Å². The predicted molar refractivity (Wildman–Crippen MR) is 90.8 cm³/mol. The molecule has 1 aliphatic carbocycles. The fourth-order valence-corrected chi connectivity index (χ4v) is 3.18. The maximum atomic E-state index is 12.3. The van der Waals surface area contributed by atoms with Gasteiger partial charge >= 0.3 is 0 Å². The number of rotatable bonds is 4. The number of ketones is 1. The lowest BCUT2D eigenvalue weighted by Gasteiger charge is -2.10. The summed E-state index contributed by atoms with van der Waals surface area (Å²) in [7, 11) is 1.60. The molecule has 0 amide bonds. The Balaban J connectivity index is 1.74. The van der Waals surface area contributed by atoms with Gasteiger partial charge in [-0.3, -0.25) is 4.79 Å². The van der Waals surface area contributed by atoms with Crippen LogP contribution < -0.4 is 9.47 Å². The van der Waals surface area contributed by atoms with Crippen molar-refractivity contribution in [1.82, 2.24) is 0 Å². The van der Waals surface area contributed by atoms with Crippen LogP contribution in [0.15, 0.2) is 46.9 Å². The first kappa shape index (κ1) is 14.8. The molecule has 0 unspecified atom stereocenters. The molecule has 0 bridgehead atoms. The van der Waals surface area contributed by atoms with E-state index in [1.165, 1.54) is 0 Å². The molecular formula is C20H18O4. The van der Waals surface area contributed by atoms with E-state index in [1.807, 2.05) is 42.5 Å². The summed E-state index contributed by atoms with van der Waals surface area (Å²) in [5, 5.41) is 0.789. The quantitative estimate of drug-likeness (QED) is 0.707. The van der Waals surface area contributed by atoms with Crippen LogP contribution in [0.3, 0.4) is 0 Å². The fourth-order valence-electron chi connectivity index (χ4n) is 3.18. The van der Waals surface area contributed by atoms with Gasteiger partial charge in [-0.1, -0.05) is 30.3 Å². The highest BCUT2D eigenvalue weighted by Gasteiger charge is 2.26. The van der Waals surface area contributed by atoms with E-state index >= 15 is 0 Å². The summed E-state index contributed by atoms with van der Waals surface area (Å²) in [5.41, 5.74) is 2.41. The summed E-state index contributed by atoms with van der Waals surface area (Å²) in [4.78, 5) is 12.3. The Morgan fingerprint density at radius 1 is 1.12 bits per heavy atom. The number of hydrogen-bond donors (Lipinski definition) is 0. The van der Waals surface area contributed by atoms with Gasteiger partial charge in [0.15, 0.2) is 17.1 Å². The van der Waals surface area contributed by atoms with Crippen LogP contribution in [0.2, 0.25) is 0 Å². The molecule has 0 saturated carbocycles. The summed E-state index contributed by atoms with van der Waals surface area (Å²) in [6.07, 6.45) is 2.20. The van der Waals surface area contributed by atoms with Crippen molar-refractivity contribution in [2.24, 2.45) is 0 Å². The minimum Gasteiger partial charge on any atom is -0.493 e. The normalized spacial score (nSPS) is 13.8. The van der Waals surface area contributed by atoms with Crippen molar-refractivity contribution < 1.29 is 18.7 Å². The summed E-state index contributed by atoms with van der Waals surface area (Å²) >= 11 is 0. The zero-order chi connectivity index (χ0) is 16.5. The smallest absolute Gasteiger partial charge is 0.177 e. The molecule has 4 nitrogen and oxygen atoms in total. The van der Waals surface area contributed by atoms with E-state index in [1.54, 1.807) is 7.11 Å². The van der Waals surface area contributed by atoms with Crippen LogP contribution in [0.5, 0.6) is 11.5 Å². The lowest BCUT2D eigenvalue weighted by molar-refractivity contribution is 0.0971. The molecule has 3 aromatic rings. The molecule has 0 radical (unpaired) electrons. The second kappa shape index (κ2) is 6.04. The van der Waals surface area contributed by atoms with E-state index in [-0.39, 0.29) is 5.78 Å². The molecule has 1 aliphatic rings. The van der Waals surface area contributed by atoms with Crippen molar-refractivity contribution in [3.05, 3.63) is 59.4 Å². The lowest BCUT2D eigenvalue weighted by Crippen LogP contribution is -2.08. The minimum atomic E-state index is 0.136. The van der Waals surface area contributed by atoms with Gasteiger partial charge in [0.1, 0.15) is 18.1 Å². The third-order valence-corrected chi connectivity index (χ3v) is 4.36. The molecule has 24 heavy (non-hydrogen) atoms. The van der Waals surface area contributed by atoms with Gasteiger partial charge in [0.25, 0.3) is 0 Å². The van der Waals surface area contributed by atoms with Gasteiger partial charge in [0.05, 0.1) is 12.7 Å². The summed E-state index contributed by atoms with van der Waals surface area (Å²) in [6, 6.07) is 13.7. The first-order valence-corrected chi connectivity index (χ1v) is 8.09. The monoisotopic (exact) mass is 322 g/mol. The van der Waals surface area contributed by atoms with Gasteiger partial charge in [-0.15, -0.1) is 0 Å². The molecule has 0 N–H and O–H groups in total. The van der Waals surface area contributed by atoms with Gasteiger partial charge in [-0.05, 0) is 18.1 Å². The number of Topliss-reactive ketones (excluding diaryl/α,β-unsaturated/α-hetero) is 1. The molecule has 2 aromatic carbocycles. The average Bonchev–Trinajstić information content (AvgIpc) is 3.00. The SMILES string of the molecule is COc1cc(OCc2ccccc2)cc2c3c(oc12)CCCC3=O. The number of methoxy groups -OCH3 is 1. The molecule has 0 fully saturated rings. The maximum absolute atomic E-state index is 12.3. The molecule has 0 spiro atoms. The lowest BCUT2D eigenvalue weighted by atomic mass is 9.94. The van der Waals surface area contributed by atoms with E-state index in [4.69, 9.17) is 13.9 Å². The van der Waals surface area contributed by atoms with Crippen LogP contribution in [-0.2, 0) is 13.0 Å². The molecule has 4 heteroatoms. The first-order chi connectivity index (χ1) is 11.8. The second-order valence-corrected chi connectivity index (χ2v) is 5.95. The van der Waals surface area contributed by atoms with E-state index < -0.39 is 0 Å². The van der Waals surface area contributed by atoms with Gasteiger partial charge in [0.2, 0.25) is 0 Å². The third kappa shape index (κ3) is 2.54. The van der Waals surface area contributed by atoms with Crippen LogP contribution >= 0.6 is 0 Å². The zero-order valence-corrected chi connectivity index (χ0v) is 13.5. The highest BCUT2D eigenvalue weighted by molar-refractivity contribution is 6.10. The van der Waals surface area contributed by atoms with Crippen molar-refractivity contribution >= 4 is 16.8 Å². The van der Waals surface area contributed by atoms with Crippen molar-refractivity contribution in [2.75, 3.05) is 7.11 Å². The largest absolute Gasteiger partial charge is 0.493 e. The van der Waals surface area contributed by atoms with Crippen LogP contribution in [0, 0.1) is 0 Å². The molecular weight excluding hydrogens is 304 g/mol. The summed E-state index contributed by atoms with van der Waals surface area (Å²) in [6.45, 7) is 0.462. The van der Waals surface area contributed by atoms with Gasteiger partial charge in [-0.25, -0.2) is 0 Å². The second-order valence-electron chi connectivity index (χ2n) is 5.95. The molecule has 4 rings (SSSR count). The number of carbonyl (C=O) groups is 1. The van der Waals surface area contributed by atoms with Gasteiger partial charge in [0, 0.05) is 24.3 Å². The number of benzene rings is 2. The highest BCUT2D eigenvalue weighted by atomic mass is 16.5. The molecule has 1 aromatic heterocycles. The number of carbonyl (C=O) groups excluding carboxylic acids is 1. The van der Waals surface area contributed by atoms with Crippen LogP contribution in [0.1, 0.15) is 34.5 Å². The van der Waals surface area contributed by atoms with E-state index in [0.717, 1.165) is 29.6 Å². The molecule has 1 heterocycles. The van der Waals surface area contributed by atoms with E-state index in [9.17, 15) is 4.79 Å². The number of ether oxygens (including phenoxy) is 2. The van der Waals surface area contributed by atoms with Gasteiger partial charge < -0.3 is 13.9 Å². The minimum absolute atomic E-state index is 0.136. The molecule has 0 aliphatic heterocycles. The number of hydrogen-bond acceptors (Lipinski definition) is 4. The van der Waals surface area contributed by atoms with E-state index in [0.29, 0.717) is 35.7 Å².